The third-order valence-electron chi connectivity index (χ3n) is 6.57. The van der Waals surface area contributed by atoms with Crippen LogP contribution in [0.5, 0.6) is 0 Å². The highest BCUT2D eigenvalue weighted by atomic mass is 32.1. The van der Waals surface area contributed by atoms with Crippen LogP contribution in [0, 0.1) is 20.8 Å². The lowest BCUT2D eigenvalue weighted by molar-refractivity contribution is -0.137. The van der Waals surface area contributed by atoms with Crippen LogP contribution in [0.4, 0.5) is 5.69 Å². The Labute approximate surface area is 218 Å². The van der Waals surface area contributed by atoms with E-state index in [2.05, 4.69) is 29.4 Å². The first-order chi connectivity index (χ1) is 17.8. The van der Waals surface area contributed by atoms with Gasteiger partial charge in [-0.2, -0.15) is 0 Å². The fourth-order valence-corrected chi connectivity index (χ4v) is 5.75. The highest BCUT2D eigenvalue weighted by Crippen LogP contribution is 2.39. The zero-order valence-corrected chi connectivity index (χ0v) is 21.9. The van der Waals surface area contributed by atoms with E-state index in [1.54, 1.807) is 11.3 Å². The van der Waals surface area contributed by atoms with Gasteiger partial charge < -0.3 is 10.4 Å². The number of aliphatic carboxylic acids is 1. The number of carbonyl (C=O) groups is 2. The number of hydrogen-bond acceptors (Lipinski definition) is 6. The number of aryl methyl sites for hydroxylation is 2. The van der Waals surface area contributed by atoms with Gasteiger partial charge in [-0.25, -0.2) is 0 Å². The van der Waals surface area contributed by atoms with Crippen molar-refractivity contribution in [3.63, 3.8) is 0 Å². The molecule has 9 heteroatoms. The summed E-state index contributed by atoms with van der Waals surface area (Å²) >= 11 is 1.64. The first kappa shape index (κ1) is 24.6. The highest BCUT2D eigenvalue weighted by molar-refractivity contribution is 7.15. The van der Waals surface area contributed by atoms with Gasteiger partial charge in [-0.15, -0.1) is 21.5 Å². The van der Waals surface area contributed by atoms with Gasteiger partial charge in [-0.1, -0.05) is 43.3 Å². The number of anilines is 1. The van der Waals surface area contributed by atoms with E-state index < -0.39 is 12.0 Å². The molecule has 1 aliphatic heterocycles. The zero-order chi connectivity index (χ0) is 26.3. The molecule has 0 saturated heterocycles. The van der Waals surface area contributed by atoms with Crippen LogP contribution in [-0.2, 0) is 9.59 Å². The van der Waals surface area contributed by atoms with Crippen LogP contribution >= 0.6 is 11.3 Å². The summed E-state index contributed by atoms with van der Waals surface area (Å²) in [6, 6.07) is 15.2. The van der Waals surface area contributed by atoms with Gasteiger partial charge >= 0.3 is 5.97 Å². The lowest BCUT2D eigenvalue weighted by atomic mass is 9.97. The number of hydrogen-bond donors (Lipinski definition) is 2. The molecule has 2 N–H and O–H groups in total. The van der Waals surface area contributed by atoms with Gasteiger partial charge in [-0.05, 0) is 49.6 Å². The number of aliphatic imine (C=N–C) groups is 1. The minimum absolute atomic E-state index is 0.0302. The van der Waals surface area contributed by atoms with Gasteiger partial charge in [-0.3, -0.25) is 19.1 Å². The standard InChI is InChI=1S/C28H27N5O3S/c1-5-23(34)29-21-8-6-7-20(13-21)18-9-11-19(12-10-18)26-25-15(2)16(3)37-28(25)33-17(4)31-32-27(33)22(30-26)14-24(35)36/h6-13,22H,5,14H2,1-4H3,(H,29,34)(H,35,36)/t22-/m0/s1. The molecule has 0 bridgehead atoms. The molecule has 8 nitrogen and oxygen atoms in total. The predicted molar refractivity (Wildman–Crippen MR) is 145 cm³/mol. The maximum atomic E-state index is 11.8. The van der Waals surface area contributed by atoms with Crippen molar-refractivity contribution in [2.75, 3.05) is 5.32 Å². The van der Waals surface area contributed by atoms with Crippen molar-refractivity contribution in [1.29, 1.82) is 0 Å². The summed E-state index contributed by atoms with van der Waals surface area (Å²) in [7, 11) is 0. The lowest BCUT2D eigenvalue weighted by Gasteiger charge is -2.12. The second-order valence-corrected chi connectivity index (χ2v) is 10.3. The quantitative estimate of drug-likeness (QED) is 0.347. The normalized spacial score (nSPS) is 14.4. The van der Waals surface area contributed by atoms with E-state index in [9.17, 15) is 14.7 Å². The van der Waals surface area contributed by atoms with Gasteiger partial charge in [0.1, 0.15) is 16.9 Å². The number of rotatable bonds is 6. The average molecular weight is 514 g/mol. The number of benzene rings is 2. The summed E-state index contributed by atoms with van der Waals surface area (Å²) in [5.74, 6) is 0.274. The lowest BCUT2D eigenvalue weighted by Crippen LogP contribution is -2.10. The van der Waals surface area contributed by atoms with Crippen LogP contribution in [0.15, 0.2) is 53.5 Å². The Balaban J connectivity index is 1.59. The van der Waals surface area contributed by atoms with E-state index in [1.165, 1.54) is 0 Å². The van der Waals surface area contributed by atoms with Crippen molar-refractivity contribution in [1.82, 2.24) is 14.8 Å². The largest absolute Gasteiger partial charge is 0.481 e. The van der Waals surface area contributed by atoms with Crippen LogP contribution in [0.1, 0.15) is 59.0 Å². The third-order valence-corrected chi connectivity index (χ3v) is 7.76. The second-order valence-electron chi connectivity index (χ2n) is 9.06. The van der Waals surface area contributed by atoms with Crippen LogP contribution in [0.3, 0.4) is 0 Å². The molecule has 1 atom stereocenters. The Hall–Kier alpha value is -4.11. The highest BCUT2D eigenvalue weighted by Gasteiger charge is 2.32. The van der Waals surface area contributed by atoms with Gasteiger partial charge in [0, 0.05) is 28.1 Å². The van der Waals surface area contributed by atoms with Crippen molar-refractivity contribution < 1.29 is 14.7 Å². The molecule has 0 aliphatic carbocycles. The fourth-order valence-electron chi connectivity index (χ4n) is 4.54. The number of nitrogens with one attached hydrogen (secondary N) is 1. The summed E-state index contributed by atoms with van der Waals surface area (Å²) in [6.45, 7) is 7.84. The Morgan fingerprint density at radius 2 is 1.76 bits per heavy atom. The number of nitrogens with zero attached hydrogens (tertiary/aromatic N) is 4. The summed E-state index contributed by atoms with van der Waals surface area (Å²) in [6.07, 6.45) is 0.242. The number of amides is 1. The second kappa shape index (κ2) is 9.74. The molecule has 2 aromatic heterocycles. The molecule has 0 spiro atoms. The molecule has 1 amide bonds. The van der Waals surface area contributed by atoms with Crippen molar-refractivity contribution >= 4 is 34.6 Å². The van der Waals surface area contributed by atoms with Crippen molar-refractivity contribution in [2.45, 2.75) is 46.6 Å². The van der Waals surface area contributed by atoms with Crippen molar-refractivity contribution in [3.8, 4) is 16.1 Å². The summed E-state index contributed by atoms with van der Waals surface area (Å²) in [5.41, 5.74) is 6.48. The van der Waals surface area contributed by atoms with Gasteiger partial charge in [0.15, 0.2) is 5.82 Å². The average Bonchev–Trinajstić information content (AvgIpc) is 3.36. The zero-order valence-electron chi connectivity index (χ0n) is 21.1. The van der Waals surface area contributed by atoms with E-state index in [0.717, 1.165) is 49.1 Å². The predicted octanol–water partition coefficient (Wildman–Crippen LogP) is 5.64. The topological polar surface area (TPSA) is 109 Å². The Morgan fingerprint density at radius 1 is 1.03 bits per heavy atom. The van der Waals surface area contributed by atoms with E-state index in [0.29, 0.717) is 18.1 Å². The number of fused-ring (bicyclic) bond motifs is 3. The van der Waals surface area contributed by atoms with E-state index >= 15 is 0 Å². The maximum absolute atomic E-state index is 11.8. The third kappa shape index (κ3) is 4.58. The number of thiophene rings is 1. The minimum Gasteiger partial charge on any atom is -0.481 e. The molecule has 37 heavy (non-hydrogen) atoms. The Kier molecular flexibility index (Phi) is 6.47. The summed E-state index contributed by atoms with van der Waals surface area (Å²) < 4.78 is 1.95. The first-order valence-corrected chi connectivity index (χ1v) is 12.9. The molecule has 5 rings (SSSR count). The number of carboxylic acids is 1. The maximum Gasteiger partial charge on any atom is 0.306 e. The Morgan fingerprint density at radius 3 is 2.46 bits per heavy atom. The van der Waals surface area contributed by atoms with Crippen LogP contribution < -0.4 is 5.32 Å². The molecule has 3 heterocycles. The summed E-state index contributed by atoms with van der Waals surface area (Å²) in [4.78, 5) is 29.7. The first-order valence-electron chi connectivity index (χ1n) is 12.1. The van der Waals surface area contributed by atoms with Gasteiger partial charge in [0.05, 0.1) is 12.1 Å². The van der Waals surface area contributed by atoms with Gasteiger partial charge in [0.2, 0.25) is 5.91 Å². The van der Waals surface area contributed by atoms with E-state index in [4.69, 9.17) is 4.99 Å². The number of carbonyl (C=O) groups excluding carboxylic acids is 1. The molecule has 0 saturated carbocycles. The van der Waals surface area contributed by atoms with Crippen molar-refractivity contribution in [3.05, 3.63) is 81.7 Å². The fraction of sp³-hybridized carbons (Fsp3) is 0.250. The van der Waals surface area contributed by atoms with Crippen LogP contribution in [-0.4, -0.2) is 37.5 Å². The molecular weight excluding hydrogens is 486 g/mol. The molecule has 188 valence electrons. The molecule has 1 aliphatic rings. The molecule has 0 unspecified atom stereocenters. The van der Waals surface area contributed by atoms with Crippen LogP contribution in [0.2, 0.25) is 0 Å². The SMILES string of the molecule is CCC(=O)Nc1cccc(-c2ccc(C3=N[C@@H](CC(=O)O)c4nnc(C)n4-c4sc(C)c(C)c43)cc2)c1. The van der Waals surface area contributed by atoms with Crippen molar-refractivity contribution in [2.24, 2.45) is 4.99 Å². The monoisotopic (exact) mass is 513 g/mol. The molecule has 0 radical (unpaired) electrons. The smallest absolute Gasteiger partial charge is 0.306 e. The van der Waals surface area contributed by atoms with E-state index in [1.807, 2.05) is 66.9 Å². The molecular formula is C28H27N5O3S. The number of carboxylic acid groups (broad SMARTS) is 1. The number of aromatic nitrogens is 3. The van der Waals surface area contributed by atoms with E-state index in [-0.39, 0.29) is 12.3 Å². The molecule has 0 fully saturated rings. The van der Waals surface area contributed by atoms with Crippen LogP contribution in [0.25, 0.3) is 16.1 Å². The molecule has 2 aromatic carbocycles. The minimum atomic E-state index is -0.941. The van der Waals surface area contributed by atoms with Gasteiger partial charge in [0.25, 0.3) is 0 Å². The molecule has 4 aromatic rings. The Bertz CT molecular complexity index is 1550. The summed E-state index contributed by atoms with van der Waals surface area (Å²) in [5, 5.41) is 22.0.